The largest absolute Gasteiger partial charge is 0.464 e. The zero-order chi connectivity index (χ0) is 15.4. The molecule has 0 bridgehead atoms. The molecule has 22 heavy (non-hydrogen) atoms. The van der Waals surface area contributed by atoms with E-state index >= 15 is 0 Å². The highest BCUT2D eigenvalue weighted by Crippen LogP contribution is 2.27. The van der Waals surface area contributed by atoms with Gasteiger partial charge in [-0.3, -0.25) is 0 Å². The number of fused-ring (bicyclic) bond motifs is 1. The molecular formula is C21H24O. The lowest BCUT2D eigenvalue weighted by Gasteiger charge is -2.14. The van der Waals surface area contributed by atoms with Crippen molar-refractivity contribution in [2.75, 3.05) is 0 Å². The summed E-state index contributed by atoms with van der Waals surface area (Å²) in [5.74, 6) is 0. The molecule has 0 aliphatic carbocycles. The monoisotopic (exact) mass is 292 g/mol. The van der Waals surface area contributed by atoms with Gasteiger partial charge in [-0.05, 0) is 35.6 Å². The van der Waals surface area contributed by atoms with E-state index in [0.717, 1.165) is 24.8 Å². The van der Waals surface area contributed by atoms with Gasteiger partial charge in [-0.2, -0.15) is 0 Å². The molecule has 0 atom stereocenters. The van der Waals surface area contributed by atoms with Gasteiger partial charge in [0, 0.05) is 17.4 Å². The quantitative estimate of drug-likeness (QED) is 0.549. The molecule has 1 heterocycles. The molecule has 0 N–H and O–H groups in total. The van der Waals surface area contributed by atoms with Gasteiger partial charge in [-0.15, -0.1) is 0 Å². The zero-order valence-corrected chi connectivity index (χ0v) is 13.6. The maximum Gasteiger partial charge on any atom is 0.134 e. The number of hydrogen-bond donors (Lipinski definition) is 0. The Morgan fingerprint density at radius 1 is 0.773 bits per heavy atom. The summed E-state index contributed by atoms with van der Waals surface area (Å²) < 4.78 is 5.72. The molecule has 1 heteroatoms. The average Bonchev–Trinajstić information content (AvgIpc) is 2.94. The molecule has 3 rings (SSSR count). The fraction of sp³-hybridized carbons (Fsp3) is 0.333. The van der Waals surface area contributed by atoms with Crippen LogP contribution in [0, 0.1) is 0 Å². The second-order valence-electron chi connectivity index (χ2n) is 5.99. The summed E-state index contributed by atoms with van der Waals surface area (Å²) in [6.45, 7) is 4.51. The minimum absolute atomic E-state index is 0.975. The highest BCUT2D eigenvalue weighted by atomic mass is 16.3. The Kier molecular flexibility index (Phi) is 4.62. The first-order chi connectivity index (χ1) is 10.8. The van der Waals surface area contributed by atoms with Crippen LogP contribution in [0.2, 0.25) is 0 Å². The maximum absolute atomic E-state index is 5.72. The molecule has 0 amide bonds. The minimum Gasteiger partial charge on any atom is -0.464 e. The number of benzene rings is 2. The zero-order valence-electron chi connectivity index (χ0n) is 13.6. The first-order valence-corrected chi connectivity index (χ1v) is 8.38. The Bertz CT molecular complexity index is 727. The van der Waals surface area contributed by atoms with Crippen molar-refractivity contribution in [2.45, 2.75) is 46.0 Å². The molecule has 0 saturated heterocycles. The van der Waals surface area contributed by atoms with Gasteiger partial charge >= 0.3 is 0 Å². The normalized spacial score (nSPS) is 11.2. The van der Waals surface area contributed by atoms with Crippen LogP contribution in [0.5, 0.6) is 0 Å². The fourth-order valence-electron chi connectivity index (χ4n) is 3.28. The predicted molar refractivity (Wildman–Crippen MR) is 93.5 cm³/mol. The van der Waals surface area contributed by atoms with Crippen molar-refractivity contribution in [3.05, 3.63) is 71.0 Å². The van der Waals surface area contributed by atoms with Crippen molar-refractivity contribution >= 4 is 11.0 Å². The van der Waals surface area contributed by atoms with Gasteiger partial charge in [-0.1, -0.05) is 63.1 Å². The summed E-state index contributed by atoms with van der Waals surface area (Å²) in [6, 6.07) is 15.1. The lowest BCUT2D eigenvalue weighted by atomic mass is 9.91. The topological polar surface area (TPSA) is 13.1 Å². The summed E-state index contributed by atoms with van der Waals surface area (Å²) in [5, 5.41) is 1.25. The molecule has 0 spiro atoms. The van der Waals surface area contributed by atoms with Crippen LogP contribution in [0.1, 0.15) is 48.9 Å². The smallest absolute Gasteiger partial charge is 0.134 e. The number of hydrogen-bond acceptors (Lipinski definition) is 1. The van der Waals surface area contributed by atoms with Crippen LogP contribution < -0.4 is 0 Å². The Hall–Kier alpha value is -2.02. The summed E-state index contributed by atoms with van der Waals surface area (Å²) in [7, 11) is 0. The molecule has 2 aromatic carbocycles. The van der Waals surface area contributed by atoms with Crippen molar-refractivity contribution in [3.63, 3.8) is 0 Å². The van der Waals surface area contributed by atoms with Crippen LogP contribution in [0.15, 0.2) is 53.1 Å². The lowest BCUT2D eigenvalue weighted by molar-refractivity contribution is 0.611. The Morgan fingerprint density at radius 2 is 1.45 bits per heavy atom. The summed E-state index contributed by atoms with van der Waals surface area (Å²) in [4.78, 5) is 0. The Labute approximate surface area is 133 Å². The van der Waals surface area contributed by atoms with Crippen LogP contribution in [0.25, 0.3) is 11.0 Å². The van der Waals surface area contributed by atoms with Crippen molar-refractivity contribution in [3.8, 4) is 0 Å². The third-order valence-corrected chi connectivity index (χ3v) is 4.34. The molecular weight excluding hydrogens is 268 g/mol. The third kappa shape index (κ3) is 2.94. The SMILES string of the molecule is CCCc1cccc(CCC)c1Cc1coc2ccccc12. The molecule has 0 aliphatic heterocycles. The highest BCUT2D eigenvalue weighted by molar-refractivity contribution is 5.81. The summed E-state index contributed by atoms with van der Waals surface area (Å²) in [6.07, 6.45) is 7.60. The molecule has 1 nitrogen and oxygen atoms in total. The first kappa shape index (κ1) is 14.9. The number of rotatable bonds is 6. The standard InChI is InChI=1S/C21H24O/c1-3-8-16-10-7-11-17(9-4-2)20(16)14-18-15-22-21-13-6-5-12-19(18)21/h5-7,10-13,15H,3-4,8-9,14H2,1-2H3. The number of aryl methyl sites for hydroxylation is 2. The highest BCUT2D eigenvalue weighted by Gasteiger charge is 2.12. The Balaban J connectivity index is 2.03. The molecule has 1 aromatic heterocycles. The van der Waals surface area contributed by atoms with Crippen LogP contribution in [0.3, 0.4) is 0 Å². The molecule has 0 unspecified atom stereocenters. The van der Waals surface area contributed by atoms with Gasteiger partial charge < -0.3 is 4.42 Å². The van der Waals surface area contributed by atoms with E-state index in [2.05, 4.69) is 44.2 Å². The molecule has 0 radical (unpaired) electrons. The van der Waals surface area contributed by atoms with E-state index in [4.69, 9.17) is 4.42 Å². The minimum atomic E-state index is 0.975. The second-order valence-corrected chi connectivity index (χ2v) is 5.99. The van der Waals surface area contributed by atoms with Crippen LogP contribution in [-0.2, 0) is 19.3 Å². The van der Waals surface area contributed by atoms with E-state index in [9.17, 15) is 0 Å². The van der Waals surface area contributed by atoms with Gasteiger partial charge in [0.1, 0.15) is 5.58 Å². The number of para-hydroxylation sites is 1. The lowest BCUT2D eigenvalue weighted by Crippen LogP contribution is -2.01. The van der Waals surface area contributed by atoms with E-state index in [1.165, 1.54) is 40.5 Å². The van der Waals surface area contributed by atoms with Crippen molar-refractivity contribution < 1.29 is 4.42 Å². The van der Waals surface area contributed by atoms with E-state index in [1.807, 2.05) is 18.4 Å². The van der Waals surface area contributed by atoms with Gasteiger partial charge in [0.2, 0.25) is 0 Å². The van der Waals surface area contributed by atoms with Crippen molar-refractivity contribution in [1.29, 1.82) is 0 Å². The maximum atomic E-state index is 5.72. The van der Waals surface area contributed by atoms with Gasteiger partial charge in [0.15, 0.2) is 0 Å². The van der Waals surface area contributed by atoms with Crippen LogP contribution in [0.4, 0.5) is 0 Å². The number of furan rings is 1. The van der Waals surface area contributed by atoms with Gasteiger partial charge in [-0.25, -0.2) is 0 Å². The molecule has 114 valence electrons. The second kappa shape index (κ2) is 6.83. The van der Waals surface area contributed by atoms with E-state index in [-0.39, 0.29) is 0 Å². The molecule has 0 aliphatic rings. The molecule has 0 saturated carbocycles. The van der Waals surface area contributed by atoms with Crippen LogP contribution >= 0.6 is 0 Å². The summed E-state index contributed by atoms with van der Waals surface area (Å²) >= 11 is 0. The van der Waals surface area contributed by atoms with Gasteiger partial charge in [0.25, 0.3) is 0 Å². The average molecular weight is 292 g/mol. The molecule has 3 aromatic rings. The fourth-order valence-corrected chi connectivity index (χ4v) is 3.28. The predicted octanol–water partition coefficient (Wildman–Crippen LogP) is 5.93. The third-order valence-electron chi connectivity index (χ3n) is 4.34. The molecule has 0 fully saturated rings. The van der Waals surface area contributed by atoms with E-state index in [1.54, 1.807) is 0 Å². The van der Waals surface area contributed by atoms with Crippen molar-refractivity contribution in [1.82, 2.24) is 0 Å². The van der Waals surface area contributed by atoms with E-state index < -0.39 is 0 Å². The van der Waals surface area contributed by atoms with Gasteiger partial charge in [0.05, 0.1) is 6.26 Å². The van der Waals surface area contributed by atoms with E-state index in [0.29, 0.717) is 0 Å². The van der Waals surface area contributed by atoms with Crippen molar-refractivity contribution in [2.24, 2.45) is 0 Å². The first-order valence-electron chi connectivity index (χ1n) is 8.38. The summed E-state index contributed by atoms with van der Waals surface area (Å²) in [5.41, 5.74) is 6.80. The Morgan fingerprint density at radius 3 is 2.14 bits per heavy atom. The van der Waals surface area contributed by atoms with Crippen LogP contribution in [-0.4, -0.2) is 0 Å².